The predicted octanol–water partition coefficient (Wildman–Crippen LogP) is 6.18. The summed E-state index contributed by atoms with van der Waals surface area (Å²) in [6, 6.07) is 23.4. The zero-order valence-corrected chi connectivity index (χ0v) is 18.8. The number of fused-ring (bicyclic) bond motifs is 1. The summed E-state index contributed by atoms with van der Waals surface area (Å²) in [4.78, 5) is 12.8. The van der Waals surface area contributed by atoms with E-state index in [0.29, 0.717) is 6.42 Å². The van der Waals surface area contributed by atoms with Gasteiger partial charge in [-0.3, -0.25) is 4.79 Å². The lowest BCUT2D eigenvalue weighted by Crippen LogP contribution is -2.31. The topological polar surface area (TPSA) is 34.0 Å². The van der Waals surface area contributed by atoms with Gasteiger partial charge in [-0.25, -0.2) is 4.39 Å². The largest absolute Gasteiger partial charge is 0.354 e. The number of rotatable bonds is 7. The molecule has 0 bridgehead atoms. The molecule has 1 amide bonds. The summed E-state index contributed by atoms with van der Waals surface area (Å²) >= 11 is 0. The van der Waals surface area contributed by atoms with Crippen LogP contribution in [-0.4, -0.2) is 16.5 Å². The molecule has 1 aromatic heterocycles. The Morgan fingerprint density at radius 1 is 0.969 bits per heavy atom. The average Bonchev–Trinajstić information content (AvgIpc) is 3.12. The number of benzene rings is 3. The molecular formula is C28H29FN2O. The second-order valence-electron chi connectivity index (χ2n) is 8.75. The quantitative estimate of drug-likeness (QED) is 0.374. The first kappa shape index (κ1) is 21.8. The van der Waals surface area contributed by atoms with Gasteiger partial charge < -0.3 is 9.88 Å². The lowest BCUT2D eigenvalue weighted by Gasteiger charge is -2.18. The van der Waals surface area contributed by atoms with Crippen molar-refractivity contribution in [3.05, 3.63) is 107 Å². The van der Waals surface area contributed by atoms with Gasteiger partial charge in [-0.2, -0.15) is 0 Å². The molecule has 164 valence electrons. The van der Waals surface area contributed by atoms with Crippen molar-refractivity contribution in [1.29, 1.82) is 0 Å². The van der Waals surface area contributed by atoms with E-state index < -0.39 is 0 Å². The van der Waals surface area contributed by atoms with Gasteiger partial charge in [0.2, 0.25) is 5.91 Å². The highest BCUT2D eigenvalue weighted by atomic mass is 19.1. The highest BCUT2D eigenvalue weighted by molar-refractivity contribution is 5.86. The number of aromatic nitrogens is 1. The minimum atomic E-state index is -0.277. The van der Waals surface area contributed by atoms with Crippen molar-refractivity contribution < 1.29 is 9.18 Å². The van der Waals surface area contributed by atoms with Crippen molar-refractivity contribution >= 4 is 16.8 Å². The van der Waals surface area contributed by atoms with Crippen molar-refractivity contribution in [2.45, 2.75) is 45.7 Å². The van der Waals surface area contributed by atoms with Crippen LogP contribution in [0.2, 0.25) is 0 Å². The van der Waals surface area contributed by atoms with E-state index in [9.17, 15) is 9.18 Å². The van der Waals surface area contributed by atoms with E-state index in [1.807, 2.05) is 26.0 Å². The Bertz CT molecular complexity index is 1210. The van der Waals surface area contributed by atoms with Gasteiger partial charge in [0.1, 0.15) is 5.82 Å². The van der Waals surface area contributed by atoms with Gasteiger partial charge in [0.25, 0.3) is 0 Å². The summed E-state index contributed by atoms with van der Waals surface area (Å²) in [6.07, 6.45) is 2.46. The van der Waals surface area contributed by atoms with Gasteiger partial charge in [-0.1, -0.05) is 60.2 Å². The maximum Gasteiger partial charge on any atom is 0.221 e. The molecule has 0 radical (unpaired) electrons. The normalized spacial score (nSPS) is 12.3. The lowest BCUT2D eigenvalue weighted by molar-refractivity contribution is -0.121. The molecule has 0 spiro atoms. The minimum Gasteiger partial charge on any atom is -0.354 e. The molecule has 4 aromatic rings. The zero-order valence-electron chi connectivity index (χ0n) is 18.8. The van der Waals surface area contributed by atoms with Crippen LogP contribution in [0.4, 0.5) is 4.39 Å². The third kappa shape index (κ3) is 4.91. The molecule has 1 atom stereocenters. The smallest absolute Gasteiger partial charge is 0.221 e. The Kier molecular flexibility index (Phi) is 6.40. The number of nitrogens with zero attached hydrogens (tertiary/aromatic N) is 1. The molecule has 0 aliphatic heterocycles. The molecule has 0 fully saturated rings. The summed E-state index contributed by atoms with van der Waals surface area (Å²) in [6.45, 7) is 6.74. The molecule has 0 saturated heterocycles. The first-order chi connectivity index (χ1) is 15.4. The number of hydrogen-bond donors (Lipinski definition) is 1. The number of hydrogen-bond acceptors (Lipinski definition) is 1. The molecule has 0 saturated carbocycles. The molecule has 32 heavy (non-hydrogen) atoms. The van der Waals surface area contributed by atoms with E-state index in [2.05, 4.69) is 59.4 Å². The standard InChI is InChI=1S/C28H29FN2O/c1-19(2)30-28(32)16-25(22-12-14-23(29)15-13-22)26-18-31(27-7-5-4-6-24(26)27)17-21-10-8-20(3)9-11-21/h4-15,18-19,25H,16-17H2,1-3H3,(H,30,32). The SMILES string of the molecule is Cc1ccc(Cn2cc(C(CC(=O)NC(C)C)c3ccc(F)cc3)c3ccccc32)cc1. The highest BCUT2D eigenvalue weighted by Crippen LogP contribution is 2.35. The molecule has 0 aliphatic carbocycles. The van der Waals surface area contributed by atoms with Gasteiger partial charge in [0, 0.05) is 42.0 Å². The summed E-state index contributed by atoms with van der Waals surface area (Å²) in [7, 11) is 0. The van der Waals surface area contributed by atoms with Crippen molar-refractivity contribution in [2.24, 2.45) is 0 Å². The first-order valence-electron chi connectivity index (χ1n) is 11.1. The van der Waals surface area contributed by atoms with E-state index in [1.165, 1.54) is 23.3 Å². The molecule has 4 rings (SSSR count). The monoisotopic (exact) mass is 428 g/mol. The molecule has 3 aromatic carbocycles. The van der Waals surface area contributed by atoms with Gasteiger partial charge in [0.05, 0.1) is 0 Å². The van der Waals surface area contributed by atoms with Crippen molar-refractivity contribution in [3.8, 4) is 0 Å². The number of para-hydroxylation sites is 1. The molecule has 0 aliphatic rings. The van der Waals surface area contributed by atoms with Crippen LogP contribution >= 0.6 is 0 Å². The van der Waals surface area contributed by atoms with E-state index in [1.54, 1.807) is 12.1 Å². The van der Waals surface area contributed by atoms with E-state index >= 15 is 0 Å². The predicted molar refractivity (Wildman–Crippen MR) is 128 cm³/mol. The van der Waals surface area contributed by atoms with Crippen molar-refractivity contribution in [3.63, 3.8) is 0 Å². The van der Waals surface area contributed by atoms with Gasteiger partial charge in [-0.05, 0) is 55.7 Å². The van der Waals surface area contributed by atoms with Crippen LogP contribution in [0.25, 0.3) is 10.9 Å². The number of aryl methyl sites for hydroxylation is 1. The van der Waals surface area contributed by atoms with Crippen LogP contribution in [0.5, 0.6) is 0 Å². The molecule has 4 heteroatoms. The fourth-order valence-corrected chi connectivity index (χ4v) is 4.24. The highest BCUT2D eigenvalue weighted by Gasteiger charge is 2.23. The van der Waals surface area contributed by atoms with Crippen LogP contribution < -0.4 is 5.32 Å². The Balaban J connectivity index is 1.78. The average molecular weight is 429 g/mol. The lowest BCUT2D eigenvalue weighted by atomic mass is 9.88. The molecule has 1 N–H and O–H groups in total. The van der Waals surface area contributed by atoms with Gasteiger partial charge >= 0.3 is 0 Å². The van der Waals surface area contributed by atoms with Gasteiger partial charge in [0.15, 0.2) is 0 Å². The molecule has 3 nitrogen and oxygen atoms in total. The maximum atomic E-state index is 13.6. The number of carbonyl (C=O) groups excluding carboxylic acids is 1. The third-order valence-electron chi connectivity index (χ3n) is 5.78. The van der Waals surface area contributed by atoms with Crippen molar-refractivity contribution in [2.75, 3.05) is 0 Å². The van der Waals surface area contributed by atoms with Crippen LogP contribution in [0.1, 0.15) is 48.4 Å². The van der Waals surface area contributed by atoms with Gasteiger partial charge in [-0.15, -0.1) is 0 Å². The maximum absolute atomic E-state index is 13.6. The number of halogens is 1. The number of carbonyl (C=O) groups is 1. The fraction of sp³-hybridized carbons (Fsp3) is 0.250. The number of nitrogens with one attached hydrogen (secondary N) is 1. The van der Waals surface area contributed by atoms with Crippen LogP contribution in [-0.2, 0) is 11.3 Å². The minimum absolute atomic E-state index is 0.00955. The Morgan fingerprint density at radius 2 is 1.66 bits per heavy atom. The molecule has 1 unspecified atom stereocenters. The van der Waals surface area contributed by atoms with Crippen molar-refractivity contribution in [1.82, 2.24) is 9.88 Å². The second-order valence-corrected chi connectivity index (χ2v) is 8.75. The Morgan fingerprint density at radius 3 is 2.34 bits per heavy atom. The second kappa shape index (κ2) is 9.39. The molecule has 1 heterocycles. The van der Waals surface area contributed by atoms with E-state index in [-0.39, 0.29) is 23.7 Å². The third-order valence-corrected chi connectivity index (χ3v) is 5.78. The Labute approximate surface area is 188 Å². The van der Waals surface area contributed by atoms with E-state index in [4.69, 9.17) is 0 Å². The zero-order chi connectivity index (χ0) is 22.7. The number of amides is 1. The molecular weight excluding hydrogens is 399 g/mol. The summed E-state index contributed by atoms with van der Waals surface area (Å²) < 4.78 is 15.9. The van der Waals surface area contributed by atoms with Crippen LogP contribution in [0.15, 0.2) is 79.0 Å². The van der Waals surface area contributed by atoms with Crippen LogP contribution in [0.3, 0.4) is 0 Å². The first-order valence-corrected chi connectivity index (χ1v) is 11.1. The summed E-state index contributed by atoms with van der Waals surface area (Å²) in [5.74, 6) is -0.455. The van der Waals surface area contributed by atoms with E-state index in [0.717, 1.165) is 28.6 Å². The Hall–Kier alpha value is -3.40. The van der Waals surface area contributed by atoms with Crippen LogP contribution in [0, 0.1) is 12.7 Å². The summed E-state index contributed by atoms with van der Waals surface area (Å²) in [5.41, 5.74) is 5.60. The summed E-state index contributed by atoms with van der Waals surface area (Å²) in [5, 5.41) is 4.12. The fourth-order valence-electron chi connectivity index (χ4n) is 4.24.